The molecular formula is C16H15FN4O. The number of aromatic nitrogens is 3. The van der Waals surface area contributed by atoms with E-state index in [1.165, 1.54) is 16.7 Å². The molecule has 2 heterocycles. The minimum atomic E-state index is -0.357. The number of anilines is 1. The number of nitrogens with one attached hydrogen (secondary N) is 1. The van der Waals surface area contributed by atoms with E-state index in [-0.39, 0.29) is 11.4 Å². The fourth-order valence-corrected chi connectivity index (χ4v) is 2.46. The Morgan fingerprint density at radius 3 is 2.64 bits per heavy atom. The highest BCUT2D eigenvalue weighted by atomic mass is 19.1. The van der Waals surface area contributed by atoms with E-state index in [1.807, 2.05) is 0 Å². The molecule has 0 atom stereocenters. The highest BCUT2D eigenvalue weighted by Gasteiger charge is 2.13. The maximum absolute atomic E-state index is 14.5. The van der Waals surface area contributed by atoms with Crippen LogP contribution in [0.25, 0.3) is 21.9 Å². The van der Waals surface area contributed by atoms with E-state index in [1.54, 1.807) is 39.3 Å². The standard InChI is InChI=1S/C16H15FN4O/c1-9-11-7-14(17)12(6-13(11)16(18-2)20-19-9)10-4-5-15(22)21(3)8-10/h4-8H,1-3H3,(H,18,20). The number of halogens is 1. The Balaban J connectivity index is 2.32. The minimum absolute atomic E-state index is 0.137. The van der Waals surface area contributed by atoms with Crippen LogP contribution in [0.15, 0.2) is 35.3 Å². The maximum Gasteiger partial charge on any atom is 0.250 e. The van der Waals surface area contributed by atoms with Crippen molar-refractivity contribution in [1.29, 1.82) is 0 Å². The predicted octanol–water partition coefficient (Wildman–Crippen LogP) is 2.48. The van der Waals surface area contributed by atoms with Crippen LogP contribution < -0.4 is 10.9 Å². The van der Waals surface area contributed by atoms with Gasteiger partial charge in [0, 0.05) is 48.3 Å². The molecule has 3 aromatic rings. The van der Waals surface area contributed by atoms with E-state index in [4.69, 9.17) is 0 Å². The third kappa shape index (κ3) is 2.22. The Kier molecular flexibility index (Phi) is 3.36. The van der Waals surface area contributed by atoms with Gasteiger partial charge in [0.1, 0.15) is 5.82 Å². The maximum atomic E-state index is 14.5. The number of rotatable bonds is 2. The molecule has 0 spiro atoms. The zero-order valence-corrected chi connectivity index (χ0v) is 12.5. The first-order chi connectivity index (χ1) is 10.5. The molecule has 0 aliphatic rings. The molecule has 6 heteroatoms. The van der Waals surface area contributed by atoms with Crippen LogP contribution >= 0.6 is 0 Å². The van der Waals surface area contributed by atoms with E-state index in [9.17, 15) is 9.18 Å². The summed E-state index contributed by atoms with van der Waals surface area (Å²) in [6.45, 7) is 1.79. The van der Waals surface area contributed by atoms with Crippen LogP contribution in [0.1, 0.15) is 5.69 Å². The molecule has 22 heavy (non-hydrogen) atoms. The summed E-state index contributed by atoms with van der Waals surface area (Å²) in [5.41, 5.74) is 1.59. The second kappa shape index (κ2) is 5.22. The van der Waals surface area contributed by atoms with Crippen molar-refractivity contribution in [1.82, 2.24) is 14.8 Å². The van der Waals surface area contributed by atoms with Crippen molar-refractivity contribution in [2.75, 3.05) is 12.4 Å². The summed E-state index contributed by atoms with van der Waals surface area (Å²) in [5.74, 6) is 0.232. The molecule has 1 N–H and O–H groups in total. The molecule has 0 amide bonds. The van der Waals surface area contributed by atoms with E-state index in [0.29, 0.717) is 28.0 Å². The van der Waals surface area contributed by atoms with Crippen molar-refractivity contribution in [2.45, 2.75) is 6.92 Å². The van der Waals surface area contributed by atoms with Gasteiger partial charge < -0.3 is 9.88 Å². The molecule has 2 aromatic heterocycles. The normalized spacial score (nSPS) is 10.9. The van der Waals surface area contributed by atoms with Crippen molar-refractivity contribution in [3.8, 4) is 11.1 Å². The minimum Gasteiger partial charge on any atom is -0.371 e. The fraction of sp³-hybridized carbons (Fsp3) is 0.188. The second-order valence-corrected chi connectivity index (χ2v) is 5.13. The van der Waals surface area contributed by atoms with Crippen molar-refractivity contribution in [3.05, 3.63) is 52.3 Å². The van der Waals surface area contributed by atoms with Crippen LogP contribution in [0.3, 0.4) is 0 Å². The third-order valence-corrected chi connectivity index (χ3v) is 3.69. The Morgan fingerprint density at radius 1 is 1.18 bits per heavy atom. The van der Waals surface area contributed by atoms with Gasteiger partial charge in [-0.25, -0.2) is 4.39 Å². The zero-order valence-electron chi connectivity index (χ0n) is 12.5. The molecule has 0 aliphatic carbocycles. The first kappa shape index (κ1) is 14.2. The predicted molar refractivity (Wildman–Crippen MR) is 84.5 cm³/mol. The lowest BCUT2D eigenvalue weighted by atomic mass is 10.0. The molecule has 0 aliphatic heterocycles. The van der Waals surface area contributed by atoms with E-state index in [0.717, 1.165) is 5.39 Å². The van der Waals surface area contributed by atoms with Crippen LogP contribution in [0.5, 0.6) is 0 Å². The Hall–Kier alpha value is -2.76. The van der Waals surface area contributed by atoms with Crippen molar-refractivity contribution in [3.63, 3.8) is 0 Å². The van der Waals surface area contributed by atoms with Gasteiger partial charge in [-0.3, -0.25) is 4.79 Å². The molecule has 0 saturated carbocycles. The van der Waals surface area contributed by atoms with Gasteiger partial charge in [0.15, 0.2) is 5.82 Å². The first-order valence-electron chi connectivity index (χ1n) is 6.82. The van der Waals surface area contributed by atoms with E-state index < -0.39 is 0 Å². The summed E-state index contributed by atoms with van der Waals surface area (Å²) in [5, 5.41) is 12.6. The van der Waals surface area contributed by atoms with Gasteiger partial charge >= 0.3 is 0 Å². The van der Waals surface area contributed by atoms with Crippen molar-refractivity contribution < 1.29 is 4.39 Å². The third-order valence-electron chi connectivity index (χ3n) is 3.69. The van der Waals surface area contributed by atoms with Gasteiger partial charge in [-0.05, 0) is 25.1 Å². The molecule has 0 fully saturated rings. The summed E-state index contributed by atoms with van der Waals surface area (Å²) >= 11 is 0. The topological polar surface area (TPSA) is 59.8 Å². The summed E-state index contributed by atoms with van der Waals surface area (Å²) < 4.78 is 15.9. The first-order valence-corrected chi connectivity index (χ1v) is 6.82. The molecule has 0 saturated heterocycles. The lowest BCUT2D eigenvalue weighted by molar-refractivity contribution is 0.632. The molecule has 3 rings (SSSR count). The van der Waals surface area contributed by atoms with Crippen LogP contribution in [-0.2, 0) is 7.05 Å². The molecule has 0 unspecified atom stereocenters. The number of pyridine rings is 1. The number of fused-ring (bicyclic) bond motifs is 1. The SMILES string of the molecule is CNc1nnc(C)c2cc(F)c(-c3ccc(=O)n(C)c3)cc12. The van der Waals surface area contributed by atoms with Crippen LogP contribution in [0.4, 0.5) is 10.2 Å². The molecule has 0 bridgehead atoms. The zero-order chi connectivity index (χ0) is 15.9. The lowest BCUT2D eigenvalue weighted by Crippen LogP contribution is -2.14. The Labute approximate surface area is 126 Å². The molecular weight excluding hydrogens is 283 g/mol. The Bertz CT molecular complexity index is 933. The second-order valence-electron chi connectivity index (χ2n) is 5.13. The van der Waals surface area contributed by atoms with Crippen LogP contribution in [-0.4, -0.2) is 21.8 Å². The lowest BCUT2D eigenvalue weighted by Gasteiger charge is -2.11. The number of hydrogen-bond donors (Lipinski definition) is 1. The van der Waals surface area contributed by atoms with Gasteiger partial charge in [0.25, 0.3) is 0 Å². The summed E-state index contributed by atoms with van der Waals surface area (Å²) in [7, 11) is 3.38. The fourth-order valence-electron chi connectivity index (χ4n) is 2.46. The molecule has 1 aromatic carbocycles. The smallest absolute Gasteiger partial charge is 0.250 e. The number of nitrogens with zero attached hydrogens (tertiary/aromatic N) is 3. The van der Waals surface area contributed by atoms with E-state index >= 15 is 0 Å². The summed E-state index contributed by atoms with van der Waals surface area (Å²) in [6, 6.07) is 6.24. The molecule has 0 radical (unpaired) electrons. The average Bonchev–Trinajstić information content (AvgIpc) is 2.50. The van der Waals surface area contributed by atoms with Crippen molar-refractivity contribution in [2.24, 2.45) is 7.05 Å². The number of benzene rings is 1. The number of hydrogen-bond acceptors (Lipinski definition) is 4. The largest absolute Gasteiger partial charge is 0.371 e. The van der Waals surface area contributed by atoms with Gasteiger partial charge in [-0.1, -0.05) is 0 Å². The summed E-state index contributed by atoms with van der Waals surface area (Å²) in [4.78, 5) is 11.5. The van der Waals surface area contributed by atoms with Gasteiger partial charge in [-0.2, -0.15) is 5.10 Å². The molecule has 5 nitrogen and oxygen atoms in total. The Morgan fingerprint density at radius 2 is 1.95 bits per heavy atom. The average molecular weight is 298 g/mol. The van der Waals surface area contributed by atoms with E-state index in [2.05, 4.69) is 15.5 Å². The molecule has 112 valence electrons. The highest BCUT2D eigenvalue weighted by Crippen LogP contribution is 2.31. The monoisotopic (exact) mass is 298 g/mol. The van der Waals surface area contributed by atoms with Gasteiger partial charge in [0.2, 0.25) is 5.56 Å². The van der Waals surface area contributed by atoms with Crippen LogP contribution in [0.2, 0.25) is 0 Å². The summed E-state index contributed by atoms with van der Waals surface area (Å²) in [6.07, 6.45) is 1.62. The van der Waals surface area contributed by atoms with Crippen LogP contribution in [0, 0.1) is 12.7 Å². The highest BCUT2D eigenvalue weighted by molar-refractivity contribution is 5.96. The van der Waals surface area contributed by atoms with Gasteiger partial charge in [-0.15, -0.1) is 5.10 Å². The number of aryl methyl sites for hydroxylation is 2. The van der Waals surface area contributed by atoms with Crippen molar-refractivity contribution >= 4 is 16.6 Å². The quantitative estimate of drug-likeness (QED) is 0.789. The van der Waals surface area contributed by atoms with Gasteiger partial charge in [0.05, 0.1) is 5.69 Å².